The highest BCUT2D eigenvalue weighted by atomic mass is 79.9. The second kappa shape index (κ2) is 9.70. The molecule has 2 heterocycles. The lowest BCUT2D eigenvalue weighted by Crippen LogP contribution is -2.41. The third-order valence-corrected chi connectivity index (χ3v) is 6.31. The van der Waals surface area contributed by atoms with Gasteiger partial charge in [-0.1, -0.05) is 11.6 Å². The second-order valence-corrected chi connectivity index (χ2v) is 9.16. The Hall–Kier alpha value is -0.910. The van der Waals surface area contributed by atoms with Crippen molar-refractivity contribution in [2.75, 3.05) is 18.9 Å². The van der Waals surface area contributed by atoms with E-state index in [4.69, 9.17) is 11.6 Å². The van der Waals surface area contributed by atoms with Crippen LogP contribution in [-0.2, 0) is 16.0 Å². The monoisotopic (exact) mass is 468 g/mol. The molecule has 0 bridgehead atoms. The number of carbonyl (C=O) groups is 1. The van der Waals surface area contributed by atoms with Crippen molar-refractivity contribution in [3.05, 3.63) is 44.0 Å². The minimum atomic E-state index is -1.07. The van der Waals surface area contributed by atoms with Crippen LogP contribution in [0.15, 0.2) is 28.2 Å². The summed E-state index contributed by atoms with van der Waals surface area (Å²) >= 11 is 9.30. The van der Waals surface area contributed by atoms with E-state index in [1.165, 1.54) is 18.2 Å². The smallest absolute Gasteiger partial charge is 0.211 e. The lowest BCUT2D eigenvalue weighted by Gasteiger charge is -2.27. The highest BCUT2D eigenvalue weighted by Gasteiger charge is 2.25. The Labute approximate surface area is 164 Å². The fourth-order valence-electron chi connectivity index (χ4n) is 1.92. The molecule has 2 unspecified atom stereocenters. The minimum Gasteiger partial charge on any atom is -0.329 e. The van der Waals surface area contributed by atoms with Crippen molar-refractivity contribution in [3.63, 3.8) is 0 Å². The summed E-state index contributed by atoms with van der Waals surface area (Å²) in [6, 6.07) is 4.08. The molecule has 1 aromatic heterocycles. The van der Waals surface area contributed by atoms with Gasteiger partial charge in [-0.3, -0.25) is 4.79 Å². The van der Waals surface area contributed by atoms with Crippen LogP contribution in [0.2, 0.25) is 5.02 Å². The largest absolute Gasteiger partial charge is 0.329 e. The summed E-state index contributed by atoms with van der Waals surface area (Å²) in [6.07, 6.45) is 3.23. The summed E-state index contributed by atoms with van der Waals surface area (Å²) in [5, 5.41) is 3.34. The Morgan fingerprint density at radius 1 is 1.60 bits per heavy atom. The number of rotatable bonds is 3. The van der Waals surface area contributed by atoms with Crippen molar-refractivity contribution in [2.24, 2.45) is 0 Å². The molecule has 1 fully saturated rings. The number of aromatic nitrogens is 1. The zero-order valence-corrected chi connectivity index (χ0v) is 17.0. The number of carbonyl (C=O) groups excluding carboxylic acids is 1. The Morgan fingerprint density at radius 3 is 2.92 bits per heavy atom. The predicted molar refractivity (Wildman–Crippen MR) is 102 cm³/mol. The molecule has 1 amide bonds. The van der Waals surface area contributed by atoms with Gasteiger partial charge in [-0.05, 0) is 40.5 Å². The van der Waals surface area contributed by atoms with Gasteiger partial charge in [0.15, 0.2) is 11.2 Å². The highest BCUT2D eigenvalue weighted by Crippen LogP contribution is 2.28. The molecule has 1 aliphatic heterocycles. The van der Waals surface area contributed by atoms with E-state index in [0.29, 0.717) is 12.1 Å². The molecule has 25 heavy (non-hydrogen) atoms. The zero-order chi connectivity index (χ0) is 18.4. The number of halogens is 3. The average molecular weight is 470 g/mol. The molecule has 136 valence electrons. The van der Waals surface area contributed by atoms with Gasteiger partial charge in [-0.25, -0.2) is 22.6 Å². The van der Waals surface area contributed by atoms with E-state index in [-0.39, 0.29) is 11.1 Å². The van der Waals surface area contributed by atoms with Crippen molar-refractivity contribution < 1.29 is 13.4 Å². The maximum atomic E-state index is 12.5. The van der Waals surface area contributed by atoms with Crippen LogP contribution in [0.1, 0.15) is 17.5 Å². The molecule has 0 aliphatic carbocycles. The normalized spacial score (nSPS) is 20.5. The first kappa shape index (κ1) is 20.4. The number of anilines is 1. The fourth-order valence-corrected chi connectivity index (χ4v) is 4.43. The molecule has 0 spiro atoms. The summed E-state index contributed by atoms with van der Waals surface area (Å²) in [5.41, 5.74) is 0.478. The molecule has 1 aliphatic rings. The molecule has 0 saturated carbocycles. The number of nitrogens with one attached hydrogen (secondary N) is 2. The lowest BCUT2D eigenvalue weighted by molar-refractivity contribution is -0.105. The molecule has 2 aromatic rings. The first-order chi connectivity index (χ1) is 11.9. The molecule has 2 atom stereocenters. The number of amides is 1. The van der Waals surface area contributed by atoms with Crippen molar-refractivity contribution in [1.29, 1.82) is 0 Å². The van der Waals surface area contributed by atoms with Gasteiger partial charge >= 0.3 is 0 Å². The van der Waals surface area contributed by atoms with Crippen molar-refractivity contribution in [3.8, 4) is 0 Å². The summed E-state index contributed by atoms with van der Waals surface area (Å²) in [7, 11) is 1.84. The highest BCUT2D eigenvalue weighted by molar-refractivity contribution is 9.11. The van der Waals surface area contributed by atoms with E-state index in [0.717, 1.165) is 21.8 Å². The van der Waals surface area contributed by atoms with Crippen LogP contribution in [0.4, 0.5) is 10.1 Å². The van der Waals surface area contributed by atoms with Gasteiger partial charge in [0.2, 0.25) is 6.41 Å². The molecule has 3 rings (SSSR count). The molecule has 1 aromatic carbocycles. The Morgan fingerprint density at radius 2 is 2.36 bits per heavy atom. The molecule has 2 N–H and O–H groups in total. The van der Waals surface area contributed by atoms with E-state index in [2.05, 4.69) is 31.0 Å². The van der Waals surface area contributed by atoms with E-state index in [9.17, 15) is 13.4 Å². The fraction of sp³-hybridized carbons (Fsp3) is 0.286. The quantitative estimate of drug-likeness (QED) is 0.676. The number of thiazole rings is 1. The Balaban J connectivity index is 0.000000186. The van der Waals surface area contributed by atoms with Crippen LogP contribution in [-0.4, -0.2) is 33.5 Å². The van der Waals surface area contributed by atoms with Crippen LogP contribution in [0.3, 0.4) is 0 Å². The van der Waals surface area contributed by atoms with Gasteiger partial charge in [0, 0.05) is 19.3 Å². The van der Waals surface area contributed by atoms with Crippen LogP contribution in [0.5, 0.6) is 0 Å². The van der Waals surface area contributed by atoms with Crippen molar-refractivity contribution in [2.45, 2.75) is 12.5 Å². The number of nitrogens with zero attached hydrogens (tertiary/aromatic N) is 2. The summed E-state index contributed by atoms with van der Waals surface area (Å²) < 4.78 is 29.8. The van der Waals surface area contributed by atoms with Crippen LogP contribution >= 0.6 is 38.9 Å². The maximum absolute atomic E-state index is 12.5. The van der Waals surface area contributed by atoms with Crippen LogP contribution in [0, 0.1) is 5.82 Å². The first-order valence-electron chi connectivity index (χ1n) is 7.06. The lowest BCUT2D eigenvalue weighted by atomic mass is 10.2. The number of benzene rings is 1. The topological polar surface area (TPSA) is 74.3 Å². The maximum Gasteiger partial charge on any atom is 0.211 e. The predicted octanol–water partition coefficient (Wildman–Crippen LogP) is 3.50. The van der Waals surface area contributed by atoms with Gasteiger partial charge in [0.05, 0.1) is 21.0 Å². The Bertz CT molecular complexity index is 764. The van der Waals surface area contributed by atoms with Crippen LogP contribution < -0.4 is 10.0 Å². The van der Waals surface area contributed by atoms with Crippen molar-refractivity contribution >= 4 is 62.1 Å². The van der Waals surface area contributed by atoms with Gasteiger partial charge in [0.1, 0.15) is 10.8 Å². The second-order valence-electron chi connectivity index (χ2n) is 4.95. The zero-order valence-electron chi connectivity index (χ0n) is 13.0. The Kier molecular flexibility index (Phi) is 7.91. The number of hydrogen-bond donors (Lipinski definition) is 2. The van der Waals surface area contributed by atoms with E-state index in [1.54, 1.807) is 21.8 Å². The third-order valence-electron chi connectivity index (χ3n) is 3.20. The van der Waals surface area contributed by atoms with Gasteiger partial charge in [0.25, 0.3) is 0 Å². The van der Waals surface area contributed by atoms with Crippen LogP contribution in [0.25, 0.3) is 0 Å². The third kappa shape index (κ3) is 6.08. The molecular formula is C14H15BrClFN4O2S2. The van der Waals surface area contributed by atoms with E-state index < -0.39 is 17.0 Å². The van der Waals surface area contributed by atoms with Gasteiger partial charge in [-0.2, -0.15) is 0 Å². The van der Waals surface area contributed by atoms with Crippen molar-refractivity contribution in [1.82, 2.24) is 14.0 Å². The van der Waals surface area contributed by atoms with E-state index in [1.807, 2.05) is 7.05 Å². The standard InChI is InChI=1S/C7H10BrN3OS2.C7H5ClFNO/c1-11-3-2-5(10-14(11)12)7-9-4-6(8)13-7;8-6-3-5(10-4-11)1-2-7(6)9/h4-5,10H,2-3H2,1H3;1-4H,(H,10,11). The summed E-state index contributed by atoms with van der Waals surface area (Å²) in [4.78, 5) is 14.2. The SMILES string of the molecule is CN1CCC(c2ncc(Br)s2)NS1=O.O=CNc1ccc(F)c(Cl)c1. The summed E-state index contributed by atoms with van der Waals surface area (Å²) in [5.74, 6) is -0.497. The molecule has 1 saturated heterocycles. The molecular weight excluding hydrogens is 455 g/mol. The number of hydrogen-bond acceptors (Lipinski definition) is 4. The first-order valence-corrected chi connectivity index (χ1v) is 10.2. The van der Waals surface area contributed by atoms with E-state index >= 15 is 0 Å². The molecule has 6 nitrogen and oxygen atoms in total. The molecule has 11 heteroatoms. The summed E-state index contributed by atoms with van der Waals surface area (Å²) in [6.45, 7) is 0.835. The van der Waals surface area contributed by atoms with Gasteiger partial charge in [-0.15, -0.1) is 11.3 Å². The molecule has 0 radical (unpaired) electrons. The van der Waals surface area contributed by atoms with Gasteiger partial charge < -0.3 is 5.32 Å². The minimum absolute atomic E-state index is 0.00292. The average Bonchev–Trinajstić information content (AvgIpc) is 3.01.